The summed E-state index contributed by atoms with van der Waals surface area (Å²) in [5, 5.41) is 25.0. The molecule has 3 aliphatic rings. The minimum Gasteiger partial charge on any atom is -0.481 e. The lowest BCUT2D eigenvalue weighted by molar-refractivity contribution is 0.130. The molecule has 1 saturated carbocycles. The first-order valence-corrected chi connectivity index (χ1v) is 11.7. The molecule has 0 radical (unpaired) electrons. The van der Waals surface area contributed by atoms with E-state index in [0.29, 0.717) is 18.5 Å². The number of nitrogens with one attached hydrogen (secondary N) is 2. The van der Waals surface area contributed by atoms with Gasteiger partial charge in [-0.1, -0.05) is 30.9 Å². The Balaban J connectivity index is 0.00000100. The Morgan fingerprint density at radius 2 is 2.03 bits per heavy atom. The van der Waals surface area contributed by atoms with Crippen LogP contribution in [-0.4, -0.2) is 60.7 Å². The zero-order chi connectivity index (χ0) is 25.6. The molecule has 0 aromatic carbocycles. The monoisotopic (exact) mass is 478 g/mol. The van der Waals surface area contributed by atoms with Crippen molar-refractivity contribution in [2.24, 2.45) is 15.2 Å². The molecule has 1 aliphatic carbocycles. The molecule has 0 amide bonds. The van der Waals surface area contributed by atoms with Crippen molar-refractivity contribution < 1.29 is 9.84 Å². The Labute approximate surface area is 209 Å². The number of methoxy groups -OCH3 is 1. The lowest BCUT2D eigenvalue weighted by Crippen LogP contribution is -2.44. The van der Waals surface area contributed by atoms with Crippen molar-refractivity contribution in [3.63, 3.8) is 0 Å². The van der Waals surface area contributed by atoms with Crippen LogP contribution in [0.3, 0.4) is 0 Å². The molecule has 2 atom stereocenters. The van der Waals surface area contributed by atoms with Crippen LogP contribution in [-0.2, 0) is 4.74 Å². The van der Waals surface area contributed by atoms with Crippen LogP contribution in [0.5, 0.6) is 0 Å². The van der Waals surface area contributed by atoms with Gasteiger partial charge in [-0.2, -0.15) is 5.10 Å². The average molecular weight is 479 g/mol. The highest BCUT2D eigenvalue weighted by Crippen LogP contribution is 2.27. The first-order chi connectivity index (χ1) is 17.0. The van der Waals surface area contributed by atoms with Gasteiger partial charge in [0.2, 0.25) is 5.88 Å². The van der Waals surface area contributed by atoms with Gasteiger partial charge < -0.3 is 25.4 Å². The SMILES string of the molecule is C/C=C\C.C=N/C(OC)=C(\C=C/C)C1=CC(C(O)N/C=C/C(=C)C2=NN=CN(C3CC3)C2)NC=C1. The van der Waals surface area contributed by atoms with E-state index in [1.165, 1.54) is 12.8 Å². The van der Waals surface area contributed by atoms with Crippen LogP contribution in [0.4, 0.5) is 0 Å². The number of aliphatic imine (C=N–C) groups is 1. The Morgan fingerprint density at radius 1 is 1.29 bits per heavy atom. The van der Waals surface area contributed by atoms with E-state index in [1.54, 1.807) is 31.9 Å². The third-order valence-corrected chi connectivity index (χ3v) is 5.44. The highest BCUT2D eigenvalue weighted by atomic mass is 16.5. The fourth-order valence-corrected chi connectivity index (χ4v) is 3.28. The molecule has 2 aliphatic heterocycles. The molecule has 3 rings (SSSR count). The lowest BCUT2D eigenvalue weighted by Gasteiger charge is -2.25. The molecule has 0 aromatic heterocycles. The number of hydrogen-bond acceptors (Lipinski definition) is 8. The smallest absolute Gasteiger partial charge is 0.220 e. The molecule has 0 saturated heterocycles. The Kier molecular flexibility index (Phi) is 11.5. The minimum absolute atomic E-state index is 0.358. The number of nitrogens with zero attached hydrogens (tertiary/aromatic N) is 4. The minimum atomic E-state index is -0.868. The summed E-state index contributed by atoms with van der Waals surface area (Å²) in [7, 11) is 1.55. The maximum atomic E-state index is 10.6. The van der Waals surface area contributed by atoms with Gasteiger partial charge >= 0.3 is 0 Å². The second kappa shape index (κ2) is 14.6. The van der Waals surface area contributed by atoms with Crippen LogP contribution in [0.2, 0.25) is 0 Å². The topological polar surface area (TPSA) is 93.8 Å². The Bertz CT molecular complexity index is 976. The van der Waals surface area contributed by atoms with Crippen molar-refractivity contribution in [3.8, 4) is 0 Å². The Morgan fingerprint density at radius 3 is 2.63 bits per heavy atom. The van der Waals surface area contributed by atoms with Gasteiger partial charge in [0.25, 0.3) is 0 Å². The molecule has 188 valence electrons. The summed E-state index contributed by atoms with van der Waals surface area (Å²) in [4.78, 5) is 6.13. The van der Waals surface area contributed by atoms with Crippen molar-refractivity contribution in [2.75, 3.05) is 13.7 Å². The summed E-state index contributed by atoms with van der Waals surface area (Å²) in [5.74, 6) is 0.421. The molecule has 0 spiro atoms. The lowest BCUT2D eigenvalue weighted by atomic mass is 10.00. The molecule has 2 unspecified atom stereocenters. The maximum absolute atomic E-state index is 10.6. The fraction of sp³-hybridized carbons (Fsp3) is 0.370. The molecule has 8 nitrogen and oxygen atoms in total. The van der Waals surface area contributed by atoms with Gasteiger partial charge in [0.05, 0.1) is 25.4 Å². The number of aliphatic hydroxyl groups is 1. The molecule has 35 heavy (non-hydrogen) atoms. The number of allylic oxidation sites excluding steroid dienone is 8. The second-order valence-electron chi connectivity index (χ2n) is 8.05. The van der Waals surface area contributed by atoms with Crippen LogP contribution in [0, 0.1) is 0 Å². The highest BCUT2D eigenvalue weighted by molar-refractivity contribution is 6.05. The van der Waals surface area contributed by atoms with Gasteiger partial charge in [0.1, 0.15) is 12.6 Å². The summed E-state index contributed by atoms with van der Waals surface area (Å²) in [6.45, 7) is 14.3. The molecule has 1 fully saturated rings. The Hall–Kier alpha value is -3.65. The van der Waals surface area contributed by atoms with Gasteiger partial charge in [0.15, 0.2) is 0 Å². The average Bonchev–Trinajstić information content (AvgIpc) is 3.75. The van der Waals surface area contributed by atoms with E-state index in [0.717, 1.165) is 22.4 Å². The van der Waals surface area contributed by atoms with Crippen LogP contribution in [0.1, 0.15) is 33.6 Å². The van der Waals surface area contributed by atoms with E-state index in [9.17, 15) is 5.11 Å². The predicted molar refractivity (Wildman–Crippen MR) is 146 cm³/mol. The normalized spacial score (nSPS) is 21.1. The van der Waals surface area contributed by atoms with Gasteiger partial charge in [-0.15, -0.1) is 5.10 Å². The van der Waals surface area contributed by atoms with E-state index in [4.69, 9.17) is 4.74 Å². The number of hydrogen-bond donors (Lipinski definition) is 3. The van der Waals surface area contributed by atoms with E-state index < -0.39 is 6.23 Å². The largest absolute Gasteiger partial charge is 0.481 e. The zero-order valence-electron chi connectivity index (χ0n) is 21.2. The van der Waals surface area contributed by atoms with Crippen molar-refractivity contribution in [1.82, 2.24) is 15.5 Å². The number of ether oxygens (including phenoxy) is 1. The fourth-order valence-electron chi connectivity index (χ4n) is 3.28. The molecule has 0 aromatic rings. The van der Waals surface area contributed by atoms with E-state index in [-0.39, 0.29) is 6.04 Å². The maximum Gasteiger partial charge on any atom is 0.220 e. The van der Waals surface area contributed by atoms with E-state index in [2.05, 4.69) is 44.0 Å². The molecule has 3 N–H and O–H groups in total. The van der Waals surface area contributed by atoms with Crippen LogP contribution in [0.15, 0.2) is 99.3 Å². The van der Waals surface area contributed by atoms with Gasteiger partial charge in [-0.05, 0) is 82.1 Å². The third-order valence-electron chi connectivity index (χ3n) is 5.44. The van der Waals surface area contributed by atoms with E-state index in [1.807, 2.05) is 57.2 Å². The summed E-state index contributed by atoms with van der Waals surface area (Å²) in [5.41, 5.74) is 3.24. The second-order valence-corrected chi connectivity index (χ2v) is 8.05. The van der Waals surface area contributed by atoms with E-state index >= 15 is 0 Å². The third kappa shape index (κ3) is 8.57. The van der Waals surface area contributed by atoms with Crippen molar-refractivity contribution in [3.05, 3.63) is 84.1 Å². The molecule has 2 heterocycles. The first-order valence-electron chi connectivity index (χ1n) is 11.7. The van der Waals surface area contributed by atoms with Crippen molar-refractivity contribution in [1.29, 1.82) is 0 Å². The van der Waals surface area contributed by atoms with Gasteiger partial charge in [-0.3, -0.25) is 0 Å². The molecule has 8 heteroatoms. The number of rotatable bonds is 10. The quantitative estimate of drug-likeness (QED) is 0.145. The molecular formula is C27H38N6O2. The van der Waals surface area contributed by atoms with Gasteiger partial charge in [-0.25, -0.2) is 4.99 Å². The number of dihydropyridines is 1. The molecule has 0 bridgehead atoms. The summed E-state index contributed by atoms with van der Waals surface area (Å²) in [6.07, 6.45) is 20.2. The van der Waals surface area contributed by atoms with Crippen LogP contribution in [0.25, 0.3) is 0 Å². The highest BCUT2D eigenvalue weighted by Gasteiger charge is 2.29. The van der Waals surface area contributed by atoms with Crippen molar-refractivity contribution >= 4 is 18.8 Å². The number of aliphatic hydroxyl groups excluding tert-OH is 1. The van der Waals surface area contributed by atoms with Crippen LogP contribution >= 0.6 is 0 Å². The van der Waals surface area contributed by atoms with Gasteiger partial charge in [0, 0.05) is 11.6 Å². The summed E-state index contributed by atoms with van der Waals surface area (Å²) in [6, 6.07) is 0.219. The summed E-state index contributed by atoms with van der Waals surface area (Å²) >= 11 is 0. The first kappa shape index (κ1) is 27.6. The molecular weight excluding hydrogens is 440 g/mol. The standard InChI is InChI=1S/C23H30N6O2.C4H8/c1-5-6-19(23(24-3)31-4)17-10-12-25-20(13-17)22(30)26-11-9-16(2)21-14-29(15-27-28-21)18-7-8-18;1-3-4-2/h5-6,9-13,15,18,20,22,25-26,30H,2-3,7-8,14H2,1,4H3;3-4H,1-2H3/b6-5-,11-9+,23-19-;4-3-. The predicted octanol–water partition coefficient (Wildman–Crippen LogP) is 3.96. The summed E-state index contributed by atoms with van der Waals surface area (Å²) < 4.78 is 5.32. The van der Waals surface area contributed by atoms with Crippen LogP contribution < -0.4 is 10.6 Å². The van der Waals surface area contributed by atoms with Crippen molar-refractivity contribution in [2.45, 2.75) is 51.9 Å². The zero-order valence-corrected chi connectivity index (χ0v) is 21.2.